The molecule has 0 spiro atoms. The number of rotatable bonds is 12. The molecule has 2 aliphatic heterocycles. The van der Waals surface area contributed by atoms with Gasteiger partial charge in [0.15, 0.2) is 0 Å². The second kappa shape index (κ2) is 13.1. The molecule has 0 aromatic carbocycles. The number of hydrogen-bond acceptors (Lipinski definition) is 11. The first kappa shape index (κ1) is 32.6. The van der Waals surface area contributed by atoms with E-state index in [0.29, 0.717) is 12.5 Å². The Balaban J connectivity index is 1.82. The molecule has 0 saturated carbocycles. The van der Waals surface area contributed by atoms with Crippen LogP contribution in [-0.2, 0) is 28.4 Å². The summed E-state index contributed by atoms with van der Waals surface area (Å²) >= 11 is 0. The molecule has 0 aromatic rings. The molecule has 0 radical (unpaired) electrons. The van der Waals surface area contributed by atoms with Gasteiger partial charge in [0.05, 0.1) is 42.7 Å². The third-order valence-corrected chi connectivity index (χ3v) is 9.51. The van der Waals surface area contributed by atoms with Crippen LogP contribution in [0.1, 0.15) is 62.3 Å². The Kier molecular flexibility index (Phi) is 11.9. The molecule has 0 amide bonds. The molecule has 0 aliphatic carbocycles. The maximum atomic E-state index is 10.7. The van der Waals surface area contributed by atoms with Crippen LogP contribution in [0, 0.1) is 5.92 Å². The number of methoxy groups -OCH3 is 1. The van der Waals surface area contributed by atoms with Gasteiger partial charge in [-0.15, -0.1) is 0 Å². The van der Waals surface area contributed by atoms with Crippen molar-refractivity contribution in [2.24, 2.45) is 5.92 Å². The Morgan fingerprint density at radius 1 is 0.861 bits per heavy atom. The van der Waals surface area contributed by atoms with Gasteiger partial charge in [-0.05, 0) is 55.4 Å². The van der Waals surface area contributed by atoms with Crippen molar-refractivity contribution in [2.75, 3.05) is 26.3 Å². The highest BCUT2D eigenvalue weighted by atomic mass is 33.1. The lowest BCUT2D eigenvalue weighted by Crippen LogP contribution is -2.61. The van der Waals surface area contributed by atoms with Gasteiger partial charge >= 0.3 is 0 Å². The predicted molar refractivity (Wildman–Crippen MR) is 142 cm³/mol. The van der Waals surface area contributed by atoms with Crippen LogP contribution in [0.25, 0.3) is 0 Å². The summed E-state index contributed by atoms with van der Waals surface area (Å²) in [6.45, 7) is 17.7. The van der Waals surface area contributed by atoms with E-state index in [1.54, 1.807) is 7.11 Å². The fourth-order valence-corrected chi connectivity index (χ4v) is 6.81. The van der Waals surface area contributed by atoms with E-state index in [4.69, 9.17) is 28.4 Å². The average molecular weight is 557 g/mol. The Morgan fingerprint density at radius 3 is 2.03 bits per heavy atom. The van der Waals surface area contributed by atoms with Gasteiger partial charge in [-0.1, -0.05) is 28.5 Å². The Hall–Kier alpha value is 0.340. The molecule has 9 nitrogen and oxygen atoms in total. The summed E-state index contributed by atoms with van der Waals surface area (Å²) in [5.41, 5.74) is -1.37. The fourth-order valence-electron chi connectivity index (χ4n) is 4.70. The van der Waals surface area contributed by atoms with Gasteiger partial charge < -0.3 is 43.7 Å². The van der Waals surface area contributed by atoms with Gasteiger partial charge in [-0.3, -0.25) is 0 Å². The topological polar surface area (TPSA) is 116 Å². The third kappa shape index (κ3) is 8.42. The first-order valence-electron chi connectivity index (χ1n) is 12.6. The molecule has 2 rings (SSSR count). The van der Waals surface area contributed by atoms with Crippen LogP contribution in [0.5, 0.6) is 0 Å². The zero-order valence-electron chi connectivity index (χ0n) is 23.4. The van der Waals surface area contributed by atoms with E-state index in [1.807, 2.05) is 62.3 Å². The summed E-state index contributed by atoms with van der Waals surface area (Å²) in [5.74, 6) is 0.219. The molecular weight excluding hydrogens is 508 g/mol. The van der Waals surface area contributed by atoms with E-state index in [0.717, 1.165) is 0 Å². The molecule has 2 saturated heterocycles. The smallest absolute Gasteiger partial charge is 0.118 e. The highest BCUT2D eigenvalue weighted by molar-refractivity contribution is 8.77. The normalized spacial score (nSPS) is 34.8. The molecule has 0 bridgehead atoms. The number of ether oxygens (including phenoxy) is 6. The molecule has 11 heteroatoms. The Morgan fingerprint density at radius 2 is 1.44 bits per heavy atom. The van der Waals surface area contributed by atoms with Gasteiger partial charge in [0.1, 0.15) is 41.4 Å². The first-order valence-corrected chi connectivity index (χ1v) is 14.9. The summed E-state index contributed by atoms with van der Waals surface area (Å²) in [4.78, 5) is -0.678. The lowest BCUT2D eigenvalue weighted by atomic mass is 9.83. The molecule has 2 heterocycles. The molecule has 214 valence electrons. The lowest BCUT2D eigenvalue weighted by Gasteiger charge is -2.45. The fraction of sp³-hybridized carbons (Fsp3) is 1.00. The van der Waals surface area contributed by atoms with E-state index in [-0.39, 0.29) is 30.8 Å². The highest BCUT2D eigenvalue weighted by Crippen LogP contribution is 2.41. The Bertz CT molecular complexity index is 676. The molecule has 0 unspecified atom stereocenters. The summed E-state index contributed by atoms with van der Waals surface area (Å²) < 4.78 is 35.4. The van der Waals surface area contributed by atoms with Gasteiger partial charge in [0, 0.05) is 13.0 Å². The summed E-state index contributed by atoms with van der Waals surface area (Å²) in [6, 6.07) is 0. The quantitative estimate of drug-likeness (QED) is 0.187. The van der Waals surface area contributed by atoms with E-state index < -0.39 is 46.7 Å². The van der Waals surface area contributed by atoms with Crippen molar-refractivity contribution in [2.45, 2.75) is 127 Å². The van der Waals surface area contributed by atoms with E-state index in [2.05, 4.69) is 0 Å². The molecular formula is C25H48O9S2. The van der Waals surface area contributed by atoms with Crippen LogP contribution in [0.15, 0.2) is 0 Å². The summed E-state index contributed by atoms with van der Waals surface area (Å²) in [6.07, 6.45) is -4.80. The molecule has 2 aliphatic rings. The van der Waals surface area contributed by atoms with Crippen molar-refractivity contribution >= 4 is 21.6 Å². The average Bonchev–Trinajstić information content (AvgIpc) is 2.77. The van der Waals surface area contributed by atoms with Crippen molar-refractivity contribution in [1.82, 2.24) is 0 Å². The SMILES string of the molecule is COC(C)(C)[C@@H]1OC[C@@H](OC(C)(C)SSCOC(C)(C)[C@@H]2OC[C@@H](OC(C)C)[C@H](O)[C@@H]2C)[C@H](O)[C@@H]1O. The van der Waals surface area contributed by atoms with Crippen molar-refractivity contribution in [1.29, 1.82) is 0 Å². The standard InChI is InChI=1S/C25H48O9S2/c1-14(2)33-16-11-30-21(15(3)18(16)26)24(6,7)32-13-35-36-25(8,9)34-17-12-31-22(20(28)19(17)27)23(4,5)29-10/h14-22,26-28H,11-13H2,1-10H3/t15-,16+,17+,18+,19-,20-,21+,22+/m0/s1. The van der Waals surface area contributed by atoms with Crippen LogP contribution < -0.4 is 0 Å². The summed E-state index contributed by atoms with van der Waals surface area (Å²) in [5, 5.41) is 32.0. The first-order chi connectivity index (χ1) is 16.5. The maximum absolute atomic E-state index is 10.7. The van der Waals surface area contributed by atoms with Crippen LogP contribution in [-0.4, -0.2) is 107 Å². The minimum Gasteiger partial charge on any atom is -0.390 e. The van der Waals surface area contributed by atoms with E-state index in [9.17, 15) is 15.3 Å². The van der Waals surface area contributed by atoms with Gasteiger partial charge in [-0.2, -0.15) is 0 Å². The van der Waals surface area contributed by atoms with Crippen LogP contribution in [0.4, 0.5) is 0 Å². The molecule has 36 heavy (non-hydrogen) atoms. The largest absolute Gasteiger partial charge is 0.390 e. The molecule has 2 fully saturated rings. The minimum absolute atomic E-state index is 0.0171. The predicted octanol–water partition coefficient (Wildman–Crippen LogP) is 2.98. The van der Waals surface area contributed by atoms with Crippen molar-refractivity contribution in [3.63, 3.8) is 0 Å². The zero-order chi connectivity index (χ0) is 27.5. The minimum atomic E-state index is -1.13. The van der Waals surface area contributed by atoms with Crippen LogP contribution in [0.3, 0.4) is 0 Å². The zero-order valence-corrected chi connectivity index (χ0v) is 25.1. The monoisotopic (exact) mass is 556 g/mol. The molecule has 3 N–H and O–H groups in total. The summed E-state index contributed by atoms with van der Waals surface area (Å²) in [7, 11) is 4.50. The number of aliphatic hydroxyl groups excluding tert-OH is 3. The highest BCUT2D eigenvalue weighted by Gasteiger charge is 2.48. The second-order valence-corrected chi connectivity index (χ2v) is 14.3. The van der Waals surface area contributed by atoms with E-state index >= 15 is 0 Å². The van der Waals surface area contributed by atoms with E-state index in [1.165, 1.54) is 21.6 Å². The van der Waals surface area contributed by atoms with Crippen molar-refractivity contribution < 1.29 is 43.7 Å². The van der Waals surface area contributed by atoms with Gasteiger partial charge in [0.2, 0.25) is 0 Å². The number of aliphatic hydroxyl groups is 3. The lowest BCUT2D eigenvalue weighted by molar-refractivity contribution is -0.250. The molecule has 8 atom stereocenters. The molecule has 0 aromatic heterocycles. The second-order valence-electron chi connectivity index (χ2n) is 11.5. The van der Waals surface area contributed by atoms with Crippen molar-refractivity contribution in [3.8, 4) is 0 Å². The van der Waals surface area contributed by atoms with Crippen molar-refractivity contribution in [3.05, 3.63) is 0 Å². The van der Waals surface area contributed by atoms with Crippen LogP contribution in [0.2, 0.25) is 0 Å². The van der Waals surface area contributed by atoms with Gasteiger partial charge in [-0.25, -0.2) is 0 Å². The van der Waals surface area contributed by atoms with Gasteiger partial charge in [0.25, 0.3) is 0 Å². The maximum Gasteiger partial charge on any atom is 0.118 e. The third-order valence-electron chi connectivity index (χ3n) is 6.84. The number of hydrogen-bond donors (Lipinski definition) is 3. The van der Waals surface area contributed by atoms with Crippen LogP contribution >= 0.6 is 21.6 Å². The Labute approximate surface area is 224 Å².